The van der Waals surface area contributed by atoms with Crippen LogP contribution in [0.4, 0.5) is 0 Å². The average Bonchev–Trinajstić information content (AvgIpc) is 2.40. The van der Waals surface area contributed by atoms with Crippen LogP contribution in [-0.4, -0.2) is 5.11 Å². The molecule has 0 aliphatic heterocycles. The van der Waals surface area contributed by atoms with Crippen molar-refractivity contribution in [2.45, 2.75) is 13.0 Å². The highest BCUT2D eigenvalue weighted by Gasteiger charge is 1.97. The van der Waals surface area contributed by atoms with Gasteiger partial charge in [-0.05, 0) is 41.8 Å². The summed E-state index contributed by atoms with van der Waals surface area (Å²) in [6.45, 7) is 4.24. The highest BCUT2D eigenvalue weighted by molar-refractivity contribution is 5.30. The molecule has 0 fully saturated rings. The van der Waals surface area contributed by atoms with Gasteiger partial charge in [-0.3, -0.25) is 0 Å². The minimum Gasteiger partial charge on any atom is -0.508 e. The molecule has 0 atom stereocenters. The maximum Gasteiger partial charge on any atom is 0.120 e. The smallest absolute Gasteiger partial charge is 0.120 e. The number of allylic oxidation sites excluding steroid dienone is 1. The van der Waals surface area contributed by atoms with Gasteiger partial charge in [-0.1, -0.05) is 30.3 Å². The predicted molar refractivity (Wildman–Crippen MR) is 72.8 cm³/mol. The van der Waals surface area contributed by atoms with E-state index in [0.717, 1.165) is 17.7 Å². The third-order valence-corrected chi connectivity index (χ3v) is 2.65. The van der Waals surface area contributed by atoms with Gasteiger partial charge in [0.2, 0.25) is 0 Å². The Morgan fingerprint density at radius 1 is 0.944 bits per heavy atom. The van der Waals surface area contributed by atoms with Crippen molar-refractivity contribution >= 4 is 0 Å². The molecule has 1 N–H and O–H groups in total. The summed E-state index contributed by atoms with van der Waals surface area (Å²) in [6, 6.07) is 15.0. The Labute approximate surface area is 107 Å². The number of hydrogen-bond donors (Lipinski definition) is 1. The molecule has 0 radical (unpaired) electrons. The largest absolute Gasteiger partial charge is 0.508 e. The van der Waals surface area contributed by atoms with E-state index in [4.69, 9.17) is 9.84 Å². The Hall–Kier alpha value is -2.22. The summed E-state index contributed by atoms with van der Waals surface area (Å²) >= 11 is 0. The number of phenols is 1. The summed E-state index contributed by atoms with van der Waals surface area (Å²) in [7, 11) is 0. The molecule has 0 saturated carbocycles. The molecule has 0 amide bonds. The Balaban J connectivity index is 1.93. The van der Waals surface area contributed by atoms with E-state index >= 15 is 0 Å². The van der Waals surface area contributed by atoms with Crippen molar-refractivity contribution in [1.82, 2.24) is 0 Å². The van der Waals surface area contributed by atoms with Crippen molar-refractivity contribution in [1.29, 1.82) is 0 Å². The zero-order valence-electron chi connectivity index (χ0n) is 10.2. The fourth-order valence-corrected chi connectivity index (χ4v) is 1.65. The van der Waals surface area contributed by atoms with Crippen molar-refractivity contribution in [3.05, 3.63) is 72.3 Å². The van der Waals surface area contributed by atoms with Crippen LogP contribution in [0.5, 0.6) is 11.5 Å². The average molecular weight is 240 g/mol. The molecule has 0 aromatic heterocycles. The van der Waals surface area contributed by atoms with E-state index in [9.17, 15) is 0 Å². The predicted octanol–water partition coefficient (Wildman–Crippen LogP) is 3.70. The lowest BCUT2D eigenvalue weighted by Crippen LogP contribution is -1.95. The second-order valence-electron chi connectivity index (χ2n) is 4.09. The third kappa shape index (κ3) is 3.39. The summed E-state index contributed by atoms with van der Waals surface area (Å²) in [4.78, 5) is 0. The zero-order chi connectivity index (χ0) is 12.8. The molecular weight excluding hydrogens is 224 g/mol. The molecular formula is C16H16O2. The van der Waals surface area contributed by atoms with Crippen LogP contribution in [0.25, 0.3) is 0 Å². The molecule has 18 heavy (non-hydrogen) atoms. The molecule has 0 saturated heterocycles. The van der Waals surface area contributed by atoms with Gasteiger partial charge in [0, 0.05) is 0 Å². The molecule has 0 unspecified atom stereocenters. The molecule has 2 heteroatoms. The standard InChI is InChI=1S/C16H16O2/c1-2-3-13-4-6-14(7-5-13)12-18-16-10-8-15(17)9-11-16/h2,4-11,17H,1,3,12H2. The monoisotopic (exact) mass is 240 g/mol. The SMILES string of the molecule is C=CCc1ccc(COc2ccc(O)cc2)cc1. The molecule has 2 aromatic rings. The fourth-order valence-electron chi connectivity index (χ4n) is 1.65. The summed E-state index contributed by atoms with van der Waals surface area (Å²) < 4.78 is 5.62. The van der Waals surface area contributed by atoms with Gasteiger partial charge in [0.15, 0.2) is 0 Å². The number of benzene rings is 2. The third-order valence-electron chi connectivity index (χ3n) is 2.65. The van der Waals surface area contributed by atoms with Gasteiger partial charge in [-0.15, -0.1) is 6.58 Å². The number of rotatable bonds is 5. The first-order valence-corrected chi connectivity index (χ1v) is 5.88. The van der Waals surface area contributed by atoms with Gasteiger partial charge in [0.05, 0.1) is 0 Å². The Morgan fingerprint density at radius 3 is 2.17 bits per heavy atom. The van der Waals surface area contributed by atoms with E-state index in [-0.39, 0.29) is 5.75 Å². The Morgan fingerprint density at radius 2 is 1.56 bits per heavy atom. The van der Waals surface area contributed by atoms with Crippen LogP contribution in [0.3, 0.4) is 0 Å². The van der Waals surface area contributed by atoms with Crippen molar-refractivity contribution in [2.24, 2.45) is 0 Å². The number of phenolic OH excluding ortho intramolecular Hbond substituents is 1. The molecule has 2 nitrogen and oxygen atoms in total. The quantitative estimate of drug-likeness (QED) is 0.807. The first-order valence-electron chi connectivity index (χ1n) is 5.88. The molecule has 0 bridgehead atoms. The van der Waals surface area contributed by atoms with Crippen LogP contribution in [0.15, 0.2) is 61.2 Å². The highest BCUT2D eigenvalue weighted by atomic mass is 16.5. The molecule has 2 aromatic carbocycles. The second-order valence-corrected chi connectivity index (χ2v) is 4.09. The van der Waals surface area contributed by atoms with Gasteiger partial charge in [-0.25, -0.2) is 0 Å². The van der Waals surface area contributed by atoms with Crippen LogP contribution in [0, 0.1) is 0 Å². The van der Waals surface area contributed by atoms with Crippen molar-refractivity contribution in [3.63, 3.8) is 0 Å². The maximum atomic E-state index is 9.16. The lowest BCUT2D eigenvalue weighted by Gasteiger charge is -2.07. The second kappa shape index (κ2) is 5.92. The summed E-state index contributed by atoms with van der Waals surface area (Å²) in [5, 5.41) is 9.16. The van der Waals surface area contributed by atoms with E-state index in [1.807, 2.05) is 6.08 Å². The normalized spacial score (nSPS) is 10.0. The van der Waals surface area contributed by atoms with E-state index in [1.54, 1.807) is 24.3 Å². The van der Waals surface area contributed by atoms with Gasteiger partial charge in [0.1, 0.15) is 18.1 Å². The van der Waals surface area contributed by atoms with Gasteiger partial charge in [-0.2, -0.15) is 0 Å². The van der Waals surface area contributed by atoms with Crippen LogP contribution in [0.1, 0.15) is 11.1 Å². The van der Waals surface area contributed by atoms with Crippen molar-refractivity contribution < 1.29 is 9.84 Å². The topological polar surface area (TPSA) is 29.5 Å². The van der Waals surface area contributed by atoms with Crippen LogP contribution in [-0.2, 0) is 13.0 Å². The van der Waals surface area contributed by atoms with E-state index < -0.39 is 0 Å². The summed E-state index contributed by atoms with van der Waals surface area (Å²) in [6.07, 6.45) is 2.78. The van der Waals surface area contributed by atoms with E-state index in [2.05, 4.69) is 30.8 Å². The number of aromatic hydroxyl groups is 1. The molecule has 0 aliphatic rings. The van der Waals surface area contributed by atoms with Crippen LogP contribution in [0.2, 0.25) is 0 Å². The first-order chi connectivity index (χ1) is 8.78. The minimum atomic E-state index is 0.246. The molecule has 2 rings (SSSR count). The van der Waals surface area contributed by atoms with Crippen molar-refractivity contribution in [3.8, 4) is 11.5 Å². The minimum absolute atomic E-state index is 0.246. The highest BCUT2D eigenvalue weighted by Crippen LogP contribution is 2.17. The van der Waals surface area contributed by atoms with Gasteiger partial charge in [0.25, 0.3) is 0 Å². The van der Waals surface area contributed by atoms with Crippen LogP contribution >= 0.6 is 0 Å². The molecule has 0 spiro atoms. The molecule has 0 heterocycles. The number of hydrogen-bond acceptors (Lipinski definition) is 2. The lowest BCUT2D eigenvalue weighted by atomic mass is 10.1. The summed E-state index contributed by atoms with van der Waals surface area (Å²) in [5.74, 6) is 0.999. The molecule has 0 aliphatic carbocycles. The number of ether oxygens (including phenoxy) is 1. The maximum absolute atomic E-state index is 9.16. The van der Waals surface area contributed by atoms with Crippen LogP contribution < -0.4 is 4.74 Å². The van der Waals surface area contributed by atoms with E-state index in [1.165, 1.54) is 5.56 Å². The zero-order valence-corrected chi connectivity index (χ0v) is 10.2. The fraction of sp³-hybridized carbons (Fsp3) is 0.125. The molecule has 92 valence electrons. The van der Waals surface area contributed by atoms with Crippen molar-refractivity contribution in [2.75, 3.05) is 0 Å². The van der Waals surface area contributed by atoms with Gasteiger partial charge < -0.3 is 9.84 Å². The lowest BCUT2D eigenvalue weighted by molar-refractivity contribution is 0.305. The summed E-state index contributed by atoms with van der Waals surface area (Å²) in [5.41, 5.74) is 2.37. The first kappa shape index (κ1) is 12.2. The van der Waals surface area contributed by atoms with Gasteiger partial charge >= 0.3 is 0 Å². The van der Waals surface area contributed by atoms with E-state index in [0.29, 0.717) is 6.61 Å². The Kier molecular flexibility index (Phi) is 4.02. The Bertz CT molecular complexity index is 498.